The number of amides is 4. The van der Waals surface area contributed by atoms with Gasteiger partial charge >= 0.3 is 12.1 Å². The van der Waals surface area contributed by atoms with Crippen LogP contribution in [0, 0.1) is 0 Å². The van der Waals surface area contributed by atoms with Gasteiger partial charge in [-0.3, -0.25) is 4.79 Å². The van der Waals surface area contributed by atoms with E-state index in [1.165, 1.54) is 0 Å². The smallest absolute Gasteiger partial charge is 0.417 e. The number of hydrogen-bond donors (Lipinski definition) is 2. The molecule has 4 amide bonds. The molecule has 1 fully saturated rings. The summed E-state index contributed by atoms with van der Waals surface area (Å²) in [5.74, 6) is -0.420. The van der Waals surface area contributed by atoms with Crippen molar-refractivity contribution in [2.45, 2.75) is 6.04 Å². The number of imide groups is 1. The van der Waals surface area contributed by atoms with Gasteiger partial charge in [-0.25, -0.2) is 14.5 Å². The van der Waals surface area contributed by atoms with Crippen molar-refractivity contribution in [3.05, 3.63) is 66.2 Å². The third-order valence-corrected chi connectivity index (χ3v) is 3.74. The Hall–Kier alpha value is -3.35. The Morgan fingerprint density at radius 2 is 1.68 bits per heavy atom. The average Bonchev–Trinajstić information content (AvgIpc) is 2.94. The maximum Gasteiger partial charge on any atom is 0.417 e. The van der Waals surface area contributed by atoms with Gasteiger partial charge in [-0.15, -0.1) is 0 Å². The standard InChI is InChI=1S/C18H17N3O4/c22-16-12-25-18(24)21(16)11-15(13-7-3-1-4-8-13)20-17(23)19-14-9-5-2-6-10-14/h1-10,15H,11-12H2,(H2,19,20,23)/t15-/m1/s1. The molecular weight excluding hydrogens is 322 g/mol. The van der Waals surface area contributed by atoms with Crippen molar-refractivity contribution in [3.8, 4) is 0 Å². The van der Waals surface area contributed by atoms with Crippen LogP contribution < -0.4 is 10.6 Å². The highest BCUT2D eigenvalue weighted by Crippen LogP contribution is 2.18. The van der Waals surface area contributed by atoms with Crippen LogP contribution in [0.3, 0.4) is 0 Å². The molecule has 7 nitrogen and oxygen atoms in total. The van der Waals surface area contributed by atoms with Gasteiger partial charge in [-0.2, -0.15) is 0 Å². The Morgan fingerprint density at radius 3 is 2.28 bits per heavy atom. The predicted molar refractivity (Wildman–Crippen MR) is 90.8 cm³/mol. The first-order chi connectivity index (χ1) is 12.1. The summed E-state index contributed by atoms with van der Waals surface area (Å²) in [5.41, 5.74) is 1.42. The van der Waals surface area contributed by atoms with Gasteiger partial charge in [0.05, 0.1) is 12.6 Å². The van der Waals surface area contributed by atoms with E-state index in [2.05, 4.69) is 10.6 Å². The maximum absolute atomic E-state index is 12.3. The fourth-order valence-corrected chi connectivity index (χ4v) is 2.51. The minimum atomic E-state index is -0.698. The van der Waals surface area contributed by atoms with Crippen molar-refractivity contribution in [2.75, 3.05) is 18.5 Å². The summed E-state index contributed by atoms with van der Waals surface area (Å²) in [7, 11) is 0. The first-order valence-electron chi connectivity index (χ1n) is 7.78. The van der Waals surface area contributed by atoms with Crippen molar-refractivity contribution in [2.24, 2.45) is 0 Å². The number of rotatable bonds is 5. The fraction of sp³-hybridized carbons (Fsp3) is 0.167. The van der Waals surface area contributed by atoms with Crippen LogP contribution in [0.15, 0.2) is 60.7 Å². The molecule has 2 aromatic carbocycles. The molecule has 0 saturated carbocycles. The van der Waals surface area contributed by atoms with Crippen LogP contribution in [-0.2, 0) is 9.53 Å². The van der Waals surface area contributed by atoms with Crippen molar-refractivity contribution in [1.82, 2.24) is 10.2 Å². The maximum atomic E-state index is 12.3. The number of cyclic esters (lactones) is 1. The van der Waals surface area contributed by atoms with Gasteiger partial charge < -0.3 is 15.4 Å². The van der Waals surface area contributed by atoms with E-state index in [0.717, 1.165) is 10.5 Å². The van der Waals surface area contributed by atoms with Gasteiger partial charge in [0.2, 0.25) is 0 Å². The molecular formula is C18H17N3O4. The quantitative estimate of drug-likeness (QED) is 0.876. The largest absolute Gasteiger partial charge is 0.439 e. The summed E-state index contributed by atoms with van der Waals surface area (Å²) in [5, 5.41) is 5.52. The molecule has 1 aliphatic rings. The zero-order valence-corrected chi connectivity index (χ0v) is 13.3. The number of benzene rings is 2. The van der Waals surface area contributed by atoms with E-state index in [1.807, 2.05) is 48.5 Å². The molecule has 0 aliphatic carbocycles. The van der Waals surface area contributed by atoms with E-state index in [4.69, 9.17) is 4.74 Å². The summed E-state index contributed by atoms with van der Waals surface area (Å²) in [6.45, 7) is -0.263. The summed E-state index contributed by atoms with van der Waals surface area (Å²) < 4.78 is 4.72. The molecule has 2 aromatic rings. The molecule has 0 bridgehead atoms. The number of carbonyl (C=O) groups is 3. The minimum Gasteiger partial charge on any atom is -0.439 e. The van der Waals surface area contributed by atoms with Crippen molar-refractivity contribution in [3.63, 3.8) is 0 Å². The third-order valence-electron chi connectivity index (χ3n) is 3.74. The summed E-state index contributed by atoms with van der Waals surface area (Å²) in [6, 6.07) is 17.1. The predicted octanol–water partition coefficient (Wildman–Crippen LogP) is 2.53. The number of nitrogens with zero attached hydrogens (tertiary/aromatic N) is 1. The molecule has 1 atom stereocenters. The number of nitrogens with one attached hydrogen (secondary N) is 2. The second kappa shape index (κ2) is 7.48. The topological polar surface area (TPSA) is 87.7 Å². The van der Waals surface area contributed by atoms with Crippen LogP contribution in [0.1, 0.15) is 11.6 Å². The van der Waals surface area contributed by atoms with E-state index in [9.17, 15) is 14.4 Å². The van der Waals surface area contributed by atoms with Gasteiger partial charge in [0.25, 0.3) is 5.91 Å². The van der Waals surface area contributed by atoms with E-state index in [1.54, 1.807) is 12.1 Å². The summed E-state index contributed by atoms with van der Waals surface area (Å²) in [4.78, 5) is 36.8. The van der Waals surface area contributed by atoms with Gasteiger partial charge in [0.15, 0.2) is 6.61 Å². The Kier molecular flexibility index (Phi) is 4.94. The lowest BCUT2D eigenvalue weighted by Gasteiger charge is -2.23. The number of ether oxygens (including phenoxy) is 1. The first kappa shape index (κ1) is 16.5. The SMILES string of the molecule is O=C(Nc1ccccc1)N[C@H](CN1C(=O)COC1=O)c1ccccc1. The molecule has 128 valence electrons. The Labute approximate surface area is 144 Å². The second-order valence-electron chi connectivity index (χ2n) is 5.49. The molecule has 0 aromatic heterocycles. The van der Waals surface area contributed by atoms with Gasteiger partial charge in [0.1, 0.15) is 0 Å². The third kappa shape index (κ3) is 4.14. The monoisotopic (exact) mass is 339 g/mol. The summed E-state index contributed by atoms with van der Waals surface area (Å²) >= 11 is 0. The van der Waals surface area contributed by atoms with Crippen LogP contribution in [0.4, 0.5) is 15.3 Å². The average molecular weight is 339 g/mol. The molecule has 1 aliphatic heterocycles. The van der Waals surface area contributed by atoms with E-state index in [0.29, 0.717) is 5.69 Å². The first-order valence-corrected chi connectivity index (χ1v) is 7.78. The fourth-order valence-electron chi connectivity index (χ4n) is 2.51. The lowest BCUT2D eigenvalue weighted by Crippen LogP contribution is -2.41. The highest BCUT2D eigenvalue weighted by atomic mass is 16.6. The zero-order valence-electron chi connectivity index (χ0n) is 13.3. The molecule has 0 unspecified atom stereocenters. The van der Waals surface area contributed by atoms with Crippen molar-refractivity contribution < 1.29 is 19.1 Å². The summed E-state index contributed by atoms with van der Waals surface area (Å²) in [6.07, 6.45) is -0.698. The zero-order chi connectivity index (χ0) is 17.6. The highest BCUT2D eigenvalue weighted by molar-refractivity contribution is 5.98. The van der Waals surface area contributed by atoms with Gasteiger partial charge in [-0.1, -0.05) is 48.5 Å². The lowest BCUT2D eigenvalue weighted by molar-refractivity contribution is -0.126. The van der Waals surface area contributed by atoms with Crippen molar-refractivity contribution >= 4 is 23.7 Å². The molecule has 1 heterocycles. The molecule has 1 saturated heterocycles. The molecule has 7 heteroatoms. The molecule has 0 radical (unpaired) electrons. The molecule has 3 rings (SSSR count). The highest BCUT2D eigenvalue weighted by Gasteiger charge is 2.33. The Bertz CT molecular complexity index is 748. The molecule has 2 N–H and O–H groups in total. The van der Waals surface area contributed by atoms with Gasteiger partial charge in [-0.05, 0) is 17.7 Å². The number of anilines is 1. The molecule has 0 spiro atoms. The number of carbonyl (C=O) groups excluding carboxylic acids is 3. The van der Waals surface area contributed by atoms with Crippen molar-refractivity contribution in [1.29, 1.82) is 0 Å². The number of hydrogen-bond acceptors (Lipinski definition) is 4. The van der Waals surface area contributed by atoms with E-state index < -0.39 is 24.1 Å². The second-order valence-corrected chi connectivity index (χ2v) is 5.49. The van der Waals surface area contributed by atoms with E-state index >= 15 is 0 Å². The molecule has 25 heavy (non-hydrogen) atoms. The van der Waals surface area contributed by atoms with Crippen LogP contribution in [0.5, 0.6) is 0 Å². The van der Waals surface area contributed by atoms with Crippen LogP contribution in [-0.4, -0.2) is 36.1 Å². The van der Waals surface area contributed by atoms with Crippen LogP contribution >= 0.6 is 0 Å². The van der Waals surface area contributed by atoms with Crippen LogP contribution in [0.2, 0.25) is 0 Å². The number of para-hydroxylation sites is 1. The number of urea groups is 1. The van der Waals surface area contributed by atoms with Gasteiger partial charge in [0, 0.05) is 5.69 Å². The Morgan fingerprint density at radius 1 is 1.04 bits per heavy atom. The lowest BCUT2D eigenvalue weighted by atomic mass is 10.1. The van der Waals surface area contributed by atoms with E-state index in [-0.39, 0.29) is 13.2 Å². The normalized spacial score (nSPS) is 14.8. The van der Waals surface area contributed by atoms with Crippen LogP contribution in [0.25, 0.3) is 0 Å². The minimum absolute atomic E-state index is 0.00386. The Balaban J connectivity index is 1.73.